The molecule has 2 amide bonds. The smallest absolute Gasteiger partial charge is 0.335 e. The molecule has 0 fully saturated rings. The zero-order valence-electron chi connectivity index (χ0n) is 13.6. The lowest BCUT2D eigenvalue weighted by molar-refractivity contribution is 0.0697. The summed E-state index contributed by atoms with van der Waals surface area (Å²) in [6.07, 6.45) is 1.63. The molecule has 2 rings (SSSR count). The molecule has 6 nitrogen and oxygen atoms in total. The van der Waals surface area contributed by atoms with Crippen LogP contribution in [0.5, 0.6) is 5.75 Å². The van der Waals surface area contributed by atoms with Crippen LogP contribution in [0.3, 0.4) is 0 Å². The summed E-state index contributed by atoms with van der Waals surface area (Å²) in [6, 6.07) is 10.3. The number of carboxylic acid groups (broad SMARTS) is 1. The summed E-state index contributed by atoms with van der Waals surface area (Å²) in [6.45, 7) is 5.74. The van der Waals surface area contributed by atoms with Crippen molar-refractivity contribution in [1.82, 2.24) is 5.32 Å². The summed E-state index contributed by atoms with van der Waals surface area (Å²) in [5.41, 5.74) is 8.38. The van der Waals surface area contributed by atoms with Crippen molar-refractivity contribution in [2.24, 2.45) is 5.73 Å². The minimum absolute atomic E-state index is 0.134. The standard InChI is InChI=1S/C19H18N2O4/c1-11(15-7-8-17(22)12(2)9-15)10-16(21-19(20)25)13-3-5-14(6-4-13)18(23)24/h3-10,22H,1H2,2H3,(H,23,24)(H3,20,21,25)/b16-10-. The second-order valence-electron chi connectivity index (χ2n) is 5.46. The molecule has 0 spiro atoms. The number of hydrogen-bond donors (Lipinski definition) is 4. The summed E-state index contributed by atoms with van der Waals surface area (Å²) >= 11 is 0. The van der Waals surface area contributed by atoms with Gasteiger partial charge >= 0.3 is 12.0 Å². The van der Waals surface area contributed by atoms with E-state index in [0.717, 1.165) is 5.56 Å². The molecule has 0 aliphatic heterocycles. The SMILES string of the molecule is C=C(/C=C(\NC(N)=O)c1ccc(C(=O)O)cc1)c1ccc(O)c(C)c1. The molecule has 6 heteroatoms. The Hall–Kier alpha value is -3.54. The van der Waals surface area contributed by atoms with Crippen molar-refractivity contribution in [2.45, 2.75) is 6.92 Å². The number of phenols is 1. The van der Waals surface area contributed by atoms with Crippen LogP contribution in [0, 0.1) is 6.92 Å². The zero-order chi connectivity index (χ0) is 18.6. The predicted molar refractivity (Wildman–Crippen MR) is 96.0 cm³/mol. The fraction of sp³-hybridized carbons (Fsp3) is 0.0526. The van der Waals surface area contributed by atoms with Crippen LogP contribution in [0.2, 0.25) is 0 Å². The fourth-order valence-electron chi connectivity index (χ4n) is 2.23. The van der Waals surface area contributed by atoms with E-state index in [1.165, 1.54) is 12.1 Å². The highest BCUT2D eigenvalue weighted by Gasteiger charge is 2.09. The number of carboxylic acids is 1. The van der Waals surface area contributed by atoms with Gasteiger partial charge in [-0.3, -0.25) is 0 Å². The third kappa shape index (κ3) is 4.48. The zero-order valence-corrected chi connectivity index (χ0v) is 13.6. The lowest BCUT2D eigenvalue weighted by Gasteiger charge is -2.11. The second-order valence-corrected chi connectivity index (χ2v) is 5.46. The quantitative estimate of drug-likeness (QED) is 0.627. The van der Waals surface area contributed by atoms with Crippen molar-refractivity contribution in [3.8, 4) is 5.75 Å². The van der Waals surface area contributed by atoms with Gasteiger partial charge in [0.05, 0.1) is 11.3 Å². The summed E-state index contributed by atoms with van der Waals surface area (Å²) in [5.74, 6) is -0.857. The molecule has 0 unspecified atom stereocenters. The first-order chi connectivity index (χ1) is 11.8. The maximum atomic E-state index is 11.3. The monoisotopic (exact) mass is 338 g/mol. The van der Waals surface area contributed by atoms with Crippen molar-refractivity contribution < 1.29 is 19.8 Å². The van der Waals surface area contributed by atoms with E-state index in [2.05, 4.69) is 11.9 Å². The third-order valence-corrected chi connectivity index (χ3v) is 3.59. The molecular formula is C19H18N2O4. The van der Waals surface area contributed by atoms with Gasteiger partial charge in [-0.15, -0.1) is 0 Å². The van der Waals surface area contributed by atoms with Crippen LogP contribution < -0.4 is 11.1 Å². The number of rotatable bonds is 5. The molecule has 0 aromatic heterocycles. The number of aryl methyl sites for hydroxylation is 1. The number of amides is 2. The molecule has 0 aliphatic rings. The first-order valence-electron chi connectivity index (χ1n) is 7.38. The molecule has 25 heavy (non-hydrogen) atoms. The second kappa shape index (κ2) is 7.35. The minimum atomic E-state index is -1.04. The van der Waals surface area contributed by atoms with Gasteiger partial charge in [0.25, 0.3) is 0 Å². The number of aromatic carboxylic acids is 1. The van der Waals surface area contributed by atoms with Gasteiger partial charge in [-0.05, 0) is 59.5 Å². The van der Waals surface area contributed by atoms with E-state index in [-0.39, 0.29) is 11.3 Å². The summed E-state index contributed by atoms with van der Waals surface area (Å²) < 4.78 is 0. The van der Waals surface area contributed by atoms with Crippen molar-refractivity contribution in [1.29, 1.82) is 0 Å². The maximum Gasteiger partial charge on any atom is 0.335 e. The van der Waals surface area contributed by atoms with E-state index in [1.807, 2.05) is 0 Å². The Morgan fingerprint density at radius 2 is 1.64 bits per heavy atom. The molecule has 2 aromatic carbocycles. The van der Waals surface area contributed by atoms with Gasteiger partial charge in [-0.25, -0.2) is 9.59 Å². The summed E-state index contributed by atoms with van der Waals surface area (Å²) in [5, 5.41) is 21.1. The number of carbonyl (C=O) groups excluding carboxylic acids is 1. The average molecular weight is 338 g/mol. The van der Waals surface area contributed by atoms with Crippen LogP contribution in [0.15, 0.2) is 55.1 Å². The van der Waals surface area contributed by atoms with Crippen LogP contribution in [0.4, 0.5) is 4.79 Å². The molecule has 0 saturated heterocycles. The first kappa shape index (κ1) is 17.8. The maximum absolute atomic E-state index is 11.3. The summed E-state index contributed by atoms with van der Waals surface area (Å²) in [7, 11) is 0. The number of primary amides is 1. The number of allylic oxidation sites excluding steroid dienone is 2. The Morgan fingerprint density at radius 1 is 1.08 bits per heavy atom. The molecule has 0 bridgehead atoms. The van der Waals surface area contributed by atoms with Crippen molar-refractivity contribution in [3.05, 3.63) is 77.4 Å². The number of benzene rings is 2. The third-order valence-electron chi connectivity index (χ3n) is 3.59. The number of urea groups is 1. The number of hydrogen-bond acceptors (Lipinski definition) is 3. The van der Waals surface area contributed by atoms with Crippen LogP contribution in [-0.4, -0.2) is 22.2 Å². The van der Waals surface area contributed by atoms with Crippen molar-refractivity contribution in [3.63, 3.8) is 0 Å². The van der Waals surface area contributed by atoms with E-state index in [4.69, 9.17) is 10.8 Å². The average Bonchev–Trinajstić information content (AvgIpc) is 2.56. The topological polar surface area (TPSA) is 113 Å². The van der Waals surface area contributed by atoms with Gasteiger partial charge in [-0.1, -0.05) is 24.8 Å². The number of nitrogens with two attached hydrogens (primary N) is 1. The fourth-order valence-corrected chi connectivity index (χ4v) is 2.23. The number of aromatic hydroxyl groups is 1. The highest BCUT2D eigenvalue weighted by atomic mass is 16.4. The van der Waals surface area contributed by atoms with Crippen molar-refractivity contribution >= 4 is 23.3 Å². The molecule has 0 aliphatic carbocycles. The van der Waals surface area contributed by atoms with E-state index in [1.54, 1.807) is 43.3 Å². The van der Waals surface area contributed by atoms with Crippen LogP contribution >= 0.6 is 0 Å². The van der Waals surface area contributed by atoms with E-state index < -0.39 is 12.0 Å². The van der Waals surface area contributed by atoms with Gasteiger partial charge < -0.3 is 21.3 Å². The highest BCUT2D eigenvalue weighted by molar-refractivity contribution is 5.91. The molecule has 2 aromatic rings. The van der Waals surface area contributed by atoms with E-state index in [9.17, 15) is 14.7 Å². The Bertz CT molecular complexity index is 867. The Kier molecular flexibility index (Phi) is 5.24. The van der Waals surface area contributed by atoms with Gasteiger partial charge in [0, 0.05) is 0 Å². The molecule has 0 radical (unpaired) electrons. The van der Waals surface area contributed by atoms with Gasteiger partial charge in [0.2, 0.25) is 0 Å². The number of phenolic OH excluding ortho intramolecular Hbond substituents is 1. The largest absolute Gasteiger partial charge is 0.508 e. The van der Waals surface area contributed by atoms with E-state index in [0.29, 0.717) is 22.4 Å². The van der Waals surface area contributed by atoms with Crippen LogP contribution in [-0.2, 0) is 0 Å². The van der Waals surface area contributed by atoms with Crippen molar-refractivity contribution in [2.75, 3.05) is 0 Å². The van der Waals surface area contributed by atoms with Gasteiger partial charge in [-0.2, -0.15) is 0 Å². The Labute approximate surface area is 144 Å². The molecule has 5 N–H and O–H groups in total. The normalized spacial score (nSPS) is 11.0. The number of carbonyl (C=O) groups is 2. The molecule has 0 saturated carbocycles. The molecule has 0 atom stereocenters. The number of nitrogens with one attached hydrogen (secondary N) is 1. The summed E-state index contributed by atoms with van der Waals surface area (Å²) in [4.78, 5) is 22.2. The van der Waals surface area contributed by atoms with Crippen LogP contribution in [0.1, 0.15) is 27.0 Å². The van der Waals surface area contributed by atoms with Gasteiger partial charge in [0.1, 0.15) is 5.75 Å². The Morgan fingerprint density at radius 3 is 2.16 bits per heavy atom. The molecule has 0 heterocycles. The highest BCUT2D eigenvalue weighted by Crippen LogP contribution is 2.24. The lowest BCUT2D eigenvalue weighted by atomic mass is 10.0. The first-order valence-corrected chi connectivity index (χ1v) is 7.38. The lowest BCUT2D eigenvalue weighted by Crippen LogP contribution is -2.28. The van der Waals surface area contributed by atoms with Gasteiger partial charge in [0.15, 0.2) is 0 Å². The molecule has 128 valence electrons. The minimum Gasteiger partial charge on any atom is -0.508 e. The molecular weight excluding hydrogens is 320 g/mol. The Balaban J connectivity index is 2.39. The van der Waals surface area contributed by atoms with E-state index >= 15 is 0 Å². The predicted octanol–water partition coefficient (Wildman–Crippen LogP) is 3.12. The van der Waals surface area contributed by atoms with Crippen LogP contribution in [0.25, 0.3) is 11.3 Å².